The lowest BCUT2D eigenvalue weighted by atomic mass is 9.82. The van der Waals surface area contributed by atoms with E-state index < -0.39 is 0 Å². The molecule has 4 heteroatoms. The summed E-state index contributed by atoms with van der Waals surface area (Å²) in [6.07, 6.45) is 0. The SMILES string of the molecule is CC1(C)c2ccccc2-c2cc(N(c3ccc4c(c3)-c3ccccc3C4(C)C)c3ccc4c(c3)oc3cc5oc(-c6ccccc6)nc5cc34)ccc21. The van der Waals surface area contributed by atoms with Gasteiger partial charge in [-0.3, -0.25) is 0 Å². The van der Waals surface area contributed by atoms with E-state index in [-0.39, 0.29) is 10.8 Å². The Labute approximate surface area is 308 Å². The fraction of sp³-hybridized carbons (Fsp3) is 0.122. The highest BCUT2D eigenvalue weighted by Crippen LogP contribution is 2.53. The second kappa shape index (κ2) is 10.6. The molecule has 9 aromatic rings. The molecule has 2 aliphatic carbocycles. The molecule has 2 heterocycles. The first-order chi connectivity index (χ1) is 25.8. The number of oxazole rings is 1. The van der Waals surface area contributed by atoms with Crippen molar-refractivity contribution >= 4 is 50.1 Å². The number of fused-ring (bicyclic) bond motifs is 10. The first-order valence-corrected chi connectivity index (χ1v) is 18.4. The fourth-order valence-electron chi connectivity index (χ4n) is 9.17. The molecule has 2 aromatic heterocycles. The summed E-state index contributed by atoms with van der Waals surface area (Å²) in [6.45, 7) is 9.33. The van der Waals surface area contributed by atoms with Crippen LogP contribution in [0, 0.1) is 0 Å². The highest BCUT2D eigenvalue weighted by atomic mass is 16.4. The molecule has 254 valence electrons. The molecule has 2 aliphatic rings. The third kappa shape index (κ3) is 4.27. The van der Waals surface area contributed by atoms with Crippen LogP contribution in [0.5, 0.6) is 0 Å². The largest absolute Gasteiger partial charge is 0.456 e. The monoisotopic (exact) mass is 684 g/mol. The van der Waals surface area contributed by atoms with Crippen molar-refractivity contribution in [1.29, 1.82) is 0 Å². The van der Waals surface area contributed by atoms with Gasteiger partial charge in [0.05, 0.1) is 0 Å². The van der Waals surface area contributed by atoms with Gasteiger partial charge in [-0.05, 0) is 99.1 Å². The summed E-state index contributed by atoms with van der Waals surface area (Å²) in [6, 6.07) is 52.3. The molecule has 0 radical (unpaired) electrons. The van der Waals surface area contributed by atoms with E-state index in [1.54, 1.807) is 0 Å². The Morgan fingerprint density at radius 3 is 1.60 bits per heavy atom. The lowest BCUT2D eigenvalue weighted by Crippen LogP contribution is -2.16. The van der Waals surface area contributed by atoms with Crippen molar-refractivity contribution in [2.75, 3.05) is 4.90 Å². The molecule has 0 saturated heterocycles. The maximum atomic E-state index is 6.62. The highest BCUT2D eigenvalue weighted by molar-refractivity contribution is 6.10. The van der Waals surface area contributed by atoms with Crippen LogP contribution in [-0.4, -0.2) is 4.98 Å². The normalized spacial score (nSPS) is 14.7. The van der Waals surface area contributed by atoms with Crippen LogP contribution in [-0.2, 0) is 10.8 Å². The summed E-state index contributed by atoms with van der Waals surface area (Å²) in [7, 11) is 0. The van der Waals surface area contributed by atoms with Crippen molar-refractivity contribution in [3.8, 4) is 33.7 Å². The Hall–Kier alpha value is -6.39. The average molecular weight is 685 g/mol. The van der Waals surface area contributed by atoms with Crippen molar-refractivity contribution in [3.63, 3.8) is 0 Å². The number of nitrogens with zero attached hydrogens (tertiary/aromatic N) is 2. The van der Waals surface area contributed by atoms with Gasteiger partial charge in [0.15, 0.2) is 5.58 Å². The molecule has 0 unspecified atom stereocenters. The van der Waals surface area contributed by atoms with Crippen LogP contribution < -0.4 is 4.90 Å². The molecule has 53 heavy (non-hydrogen) atoms. The number of hydrogen-bond acceptors (Lipinski definition) is 4. The van der Waals surface area contributed by atoms with Gasteiger partial charge < -0.3 is 13.7 Å². The molecule has 7 aromatic carbocycles. The number of aromatic nitrogens is 1. The topological polar surface area (TPSA) is 42.4 Å². The summed E-state index contributed by atoms with van der Waals surface area (Å²) in [5.74, 6) is 0.608. The summed E-state index contributed by atoms with van der Waals surface area (Å²) < 4.78 is 12.8. The van der Waals surface area contributed by atoms with Gasteiger partial charge in [0, 0.05) is 56.4 Å². The van der Waals surface area contributed by atoms with Crippen molar-refractivity contribution in [3.05, 3.63) is 168 Å². The second-order valence-corrected chi connectivity index (χ2v) is 15.6. The molecule has 4 nitrogen and oxygen atoms in total. The molecule has 0 aliphatic heterocycles. The minimum atomic E-state index is -0.0682. The molecule has 0 amide bonds. The highest BCUT2D eigenvalue weighted by Gasteiger charge is 2.37. The number of furan rings is 1. The molecule has 0 spiro atoms. The van der Waals surface area contributed by atoms with E-state index in [1.165, 1.54) is 44.5 Å². The smallest absolute Gasteiger partial charge is 0.227 e. The average Bonchev–Trinajstić information content (AvgIpc) is 3.88. The first-order valence-electron chi connectivity index (χ1n) is 18.4. The zero-order valence-electron chi connectivity index (χ0n) is 30.1. The Kier molecular flexibility index (Phi) is 6.04. The van der Waals surface area contributed by atoms with Gasteiger partial charge in [-0.25, -0.2) is 4.98 Å². The molecule has 0 saturated carbocycles. The molecular weight excluding hydrogens is 649 g/mol. The Balaban J connectivity index is 1.09. The number of anilines is 3. The van der Waals surface area contributed by atoms with Crippen LogP contribution in [0.4, 0.5) is 17.1 Å². The van der Waals surface area contributed by atoms with Gasteiger partial charge in [-0.2, -0.15) is 0 Å². The lowest BCUT2D eigenvalue weighted by molar-refractivity contribution is 0.617. The van der Waals surface area contributed by atoms with E-state index in [0.29, 0.717) is 11.5 Å². The van der Waals surface area contributed by atoms with Gasteiger partial charge in [-0.1, -0.05) is 107 Å². The molecule has 0 N–H and O–H groups in total. The number of hydrogen-bond donors (Lipinski definition) is 0. The third-order valence-corrected chi connectivity index (χ3v) is 11.9. The minimum absolute atomic E-state index is 0.0682. The van der Waals surface area contributed by atoms with E-state index >= 15 is 0 Å². The van der Waals surface area contributed by atoms with Crippen molar-refractivity contribution < 1.29 is 8.83 Å². The van der Waals surface area contributed by atoms with Crippen molar-refractivity contribution in [2.45, 2.75) is 38.5 Å². The van der Waals surface area contributed by atoms with Gasteiger partial charge in [0.1, 0.15) is 16.7 Å². The lowest BCUT2D eigenvalue weighted by Gasteiger charge is -2.28. The quantitative estimate of drug-likeness (QED) is 0.185. The maximum absolute atomic E-state index is 6.62. The summed E-state index contributed by atoms with van der Waals surface area (Å²) >= 11 is 0. The minimum Gasteiger partial charge on any atom is -0.456 e. The molecular formula is C49H36N2O2. The van der Waals surface area contributed by atoms with Gasteiger partial charge in [0.25, 0.3) is 0 Å². The number of rotatable bonds is 4. The zero-order valence-corrected chi connectivity index (χ0v) is 30.1. The second-order valence-electron chi connectivity index (χ2n) is 15.6. The number of benzene rings is 7. The van der Waals surface area contributed by atoms with Gasteiger partial charge in [0.2, 0.25) is 5.89 Å². The predicted molar refractivity (Wildman–Crippen MR) is 217 cm³/mol. The van der Waals surface area contributed by atoms with Crippen LogP contribution in [0.2, 0.25) is 0 Å². The van der Waals surface area contributed by atoms with Crippen LogP contribution in [0.25, 0.3) is 66.7 Å². The molecule has 11 rings (SSSR count). The van der Waals surface area contributed by atoms with Crippen LogP contribution in [0.3, 0.4) is 0 Å². The fourth-order valence-corrected chi connectivity index (χ4v) is 9.17. The third-order valence-electron chi connectivity index (χ3n) is 11.9. The van der Waals surface area contributed by atoms with E-state index in [0.717, 1.165) is 50.1 Å². The standard InChI is InChI=1S/C49H36N2O2/c1-48(2)39-16-10-8-14-33(39)36-24-30(19-22-41(36)48)51(31-20-23-42-37(25-31)34-15-9-11-17-40(34)49(42,3)4)32-18-21-35-38-27-43-46(28-45(38)52-44(35)26-32)53-47(50-43)29-12-6-5-7-13-29/h5-28H,1-4H3. The summed E-state index contributed by atoms with van der Waals surface area (Å²) in [5, 5.41) is 2.07. The molecule has 0 atom stereocenters. The zero-order chi connectivity index (χ0) is 35.6. The van der Waals surface area contributed by atoms with Crippen molar-refractivity contribution in [1.82, 2.24) is 4.98 Å². The maximum Gasteiger partial charge on any atom is 0.227 e. The molecule has 0 fully saturated rings. The van der Waals surface area contributed by atoms with E-state index in [9.17, 15) is 0 Å². The van der Waals surface area contributed by atoms with Crippen LogP contribution >= 0.6 is 0 Å². The Bertz CT molecular complexity index is 2860. The summed E-state index contributed by atoms with van der Waals surface area (Å²) in [5.41, 5.74) is 17.8. The van der Waals surface area contributed by atoms with E-state index in [1.807, 2.05) is 36.4 Å². The summed E-state index contributed by atoms with van der Waals surface area (Å²) in [4.78, 5) is 7.22. The van der Waals surface area contributed by atoms with Gasteiger partial charge in [-0.15, -0.1) is 0 Å². The predicted octanol–water partition coefficient (Wildman–Crippen LogP) is 13.5. The van der Waals surface area contributed by atoms with Crippen LogP contribution in [0.1, 0.15) is 49.9 Å². The van der Waals surface area contributed by atoms with E-state index in [2.05, 4.69) is 142 Å². The van der Waals surface area contributed by atoms with Crippen LogP contribution in [0.15, 0.2) is 154 Å². The Morgan fingerprint density at radius 1 is 0.434 bits per heavy atom. The molecule has 0 bridgehead atoms. The Morgan fingerprint density at radius 2 is 0.962 bits per heavy atom. The van der Waals surface area contributed by atoms with E-state index in [4.69, 9.17) is 13.8 Å². The van der Waals surface area contributed by atoms with Crippen molar-refractivity contribution in [2.24, 2.45) is 0 Å². The first kappa shape index (κ1) is 30.3. The van der Waals surface area contributed by atoms with Gasteiger partial charge >= 0.3 is 0 Å².